The highest BCUT2D eigenvalue weighted by atomic mass is 19.1. The Bertz CT molecular complexity index is 614. The molecule has 0 aliphatic carbocycles. The molecule has 1 atom stereocenters. The molecule has 2 amide bonds. The van der Waals surface area contributed by atoms with Gasteiger partial charge in [-0.3, -0.25) is 9.59 Å². The maximum atomic E-state index is 13.8. The zero-order chi connectivity index (χ0) is 17.1. The first kappa shape index (κ1) is 16.9. The van der Waals surface area contributed by atoms with E-state index in [-0.39, 0.29) is 36.5 Å². The number of hydrogen-bond donors (Lipinski definition) is 0. The maximum Gasteiger partial charge on any atom is 0.228 e. The molecule has 1 aromatic carbocycles. The van der Waals surface area contributed by atoms with Crippen LogP contribution in [0.1, 0.15) is 18.9 Å². The first-order valence-corrected chi connectivity index (χ1v) is 8.60. The number of likely N-dealkylation sites (tertiary alicyclic amines) is 1. The summed E-state index contributed by atoms with van der Waals surface area (Å²) < 4.78 is 13.8. The number of carbonyl (C=O) groups excluding carboxylic acids is 2. The molecular formula is C18H24FN3O2. The van der Waals surface area contributed by atoms with Crippen LogP contribution in [-0.4, -0.2) is 65.8 Å². The monoisotopic (exact) mass is 333 g/mol. The topological polar surface area (TPSA) is 43.9 Å². The van der Waals surface area contributed by atoms with Gasteiger partial charge in [-0.15, -0.1) is 0 Å². The number of amides is 2. The molecule has 24 heavy (non-hydrogen) atoms. The number of rotatable bonds is 4. The van der Waals surface area contributed by atoms with Crippen LogP contribution in [0.15, 0.2) is 24.3 Å². The van der Waals surface area contributed by atoms with Gasteiger partial charge in [0.25, 0.3) is 0 Å². The minimum Gasteiger partial charge on any atom is -0.340 e. The number of carbonyl (C=O) groups is 2. The van der Waals surface area contributed by atoms with Crippen molar-refractivity contribution in [3.8, 4) is 0 Å². The SMILES string of the molecule is CCN1CCN(C(=O)[C@H]2CC(=O)N(Cc3ccccc3F)C2)CC1. The quantitative estimate of drug-likeness (QED) is 0.835. The predicted molar refractivity (Wildman–Crippen MR) is 88.6 cm³/mol. The van der Waals surface area contributed by atoms with Crippen molar-refractivity contribution in [2.45, 2.75) is 19.9 Å². The first-order chi connectivity index (χ1) is 11.6. The van der Waals surface area contributed by atoms with Gasteiger partial charge >= 0.3 is 0 Å². The lowest BCUT2D eigenvalue weighted by atomic mass is 10.1. The van der Waals surface area contributed by atoms with Crippen LogP contribution in [0.3, 0.4) is 0 Å². The van der Waals surface area contributed by atoms with Gasteiger partial charge in [0.1, 0.15) is 5.82 Å². The normalized spacial score (nSPS) is 22.2. The summed E-state index contributed by atoms with van der Waals surface area (Å²) in [6.07, 6.45) is 0.237. The summed E-state index contributed by atoms with van der Waals surface area (Å²) in [7, 11) is 0. The minimum absolute atomic E-state index is 0.0649. The molecule has 0 spiro atoms. The average Bonchev–Trinajstić information content (AvgIpc) is 2.97. The third-order valence-electron chi connectivity index (χ3n) is 5.01. The summed E-state index contributed by atoms with van der Waals surface area (Å²) in [6.45, 7) is 6.98. The average molecular weight is 333 g/mol. The van der Waals surface area contributed by atoms with Crippen molar-refractivity contribution >= 4 is 11.8 Å². The fourth-order valence-corrected chi connectivity index (χ4v) is 3.47. The van der Waals surface area contributed by atoms with Crippen LogP contribution in [0, 0.1) is 11.7 Å². The summed E-state index contributed by atoms with van der Waals surface area (Å²) in [6, 6.07) is 6.47. The van der Waals surface area contributed by atoms with Crippen molar-refractivity contribution in [1.82, 2.24) is 14.7 Å². The second-order valence-corrected chi connectivity index (χ2v) is 6.53. The standard InChI is InChI=1S/C18H24FN3O2/c1-2-20-7-9-21(10-8-20)18(24)15-11-17(23)22(13-15)12-14-5-3-4-6-16(14)19/h3-6,15H,2,7-13H2,1H3/t15-/m0/s1. The molecular weight excluding hydrogens is 309 g/mol. The van der Waals surface area contributed by atoms with E-state index in [2.05, 4.69) is 11.8 Å². The third-order valence-corrected chi connectivity index (χ3v) is 5.01. The van der Waals surface area contributed by atoms with E-state index in [0.717, 1.165) is 32.7 Å². The number of hydrogen-bond acceptors (Lipinski definition) is 3. The van der Waals surface area contributed by atoms with Crippen LogP contribution in [0.2, 0.25) is 0 Å². The van der Waals surface area contributed by atoms with Gasteiger partial charge in [-0.05, 0) is 12.6 Å². The fraction of sp³-hybridized carbons (Fsp3) is 0.556. The Kier molecular flexibility index (Phi) is 5.14. The second-order valence-electron chi connectivity index (χ2n) is 6.53. The summed E-state index contributed by atoms with van der Waals surface area (Å²) >= 11 is 0. The van der Waals surface area contributed by atoms with E-state index in [4.69, 9.17) is 0 Å². The van der Waals surface area contributed by atoms with Crippen LogP contribution in [0.25, 0.3) is 0 Å². The Balaban J connectivity index is 1.58. The molecule has 2 fully saturated rings. The molecule has 0 unspecified atom stereocenters. The lowest BCUT2D eigenvalue weighted by molar-refractivity contribution is -0.137. The highest BCUT2D eigenvalue weighted by Gasteiger charge is 2.37. The van der Waals surface area contributed by atoms with Crippen LogP contribution >= 0.6 is 0 Å². The number of piperazine rings is 1. The fourth-order valence-electron chi connectivity index (χ4n) is 3.47. The number of benzene rings is 1. The van der Waals surface area contributed by atoms with Gasteiger partial charge in [-0.2, -0.15) is 0 Å². The Morgan fingerprint density at radius 1 is 1.21 bits per heavy atom. The highest BCUT2D eigenvalue weighted by Crippen LogP contribution is 2.23. The Morgan fingerprint density at radius 2 is 1.92 bits per heavy atom. The summed E-state index contributed by atoms with van der Waals surface area (Å²) in [5.74, 6) is -0.604. The molecule has 5 nitrogen and oxygen atoms in total. The third kappa shape index (κ3) is 3.59. The Morgan fingerprint density at radius 3 is 2.58 bits per heavy atom. The summed E-state index contributed by atoms with van der Waals surface area (Å²) in [4.78, 5) is 30.7. The lowest BCUT2D eigenvalue weighted by Gasteiger charge is -2.35. The van der Waals surface area contributed by atoms with Gasteiger partial charge in [0.15, 0.2) is 0 Å². The molecule has 0 bridgehead atoms. The van der Waals surface area contributed by atoms with Gasteiger partial charge in [-0.1, -0.05) is 25.1 Å². The van der Waals surface area contributed by atoms with Crippen molar-refractivity contribution < 1.29 is 14.0 Å². The zero-order valence-corrected chi connectivity index (χ0v) is 14.1. The van der Waals surface area contributed by atoms with Crippen molar-refractivity contribution in [2.75, 3.05) is 39.3 Å². The van der Waals surface area contributed by atoms with Gasteiger partial charge in [-0.25, -0.2) is 4.39 Å². The molecule has 2 aliphatic heterocycles. The molecule has 0 aromatic heterocycles. The molecule has 2 heterocycles. The second kappa shape index (κ2) is 7.30. The smallest absolute Gasteiger partial charge is 0.228 e. The molecule has 130 valence electrons. The van der Waals surface area contributed by atoms with Crippen molar-refractivity contribution in [3.05, 3.63) is 35.6 Å². The van der Waals surface area contributed by atoms with Crippen LogP contribution in [-0.2, 0) is 16.1 Å². The number of nitrogens with zero attached hydrogens (tertiary/aromatic N) is 3. The number of halogens is 1. The van der Waals surface area contributed by atoms with Gasteiger partial charge in [0.2, 0.25) is 11.8 Å². The number of likely N-dealkylation sites (N-methyl/N-ethyl adjacent to an activating group) is 1. The highest BCUT2D eigenvalue weighted by molar-refractivity contribution is 5.89. The van der Waals surface area contributed by atoms with Crippen molar-refractivity contribution in [3.63, 3.8) is 0 Å². The van der Waals surface area contributed by atoms with Gasteiger partial charge in [0, 0.05) is 51.3 Å². The van der Waals surface area contributed by atoms with Crippen LogP contribution in [0.5, 0.6) is 0 Å². The molecule has 0 N–H and O–H groups in total. The van der Waals surface area contributed by atoms with E-state index in [1.165, 1.54) is 6.07 Å². The van der Waals surface area contributed by atoms with E-state index in [1.807, 2.05) is 4.90 Å². The summed E-state index contributed by atoms with van der Waals surface area (Å²) in [5, 5.41) is 0. The van der Waals surface area contributed by atoms with E-state index in [1.54, 1.807) is 23.1 Å². The Hall–Kier alpha value is -1.95. The predicted octanol–water partition coefficient (Wildman–Crippen LogP) is 1.34. The molecule has 2 saturated heterocycles. The maximum absolute atomic E-state index is 13.8. The van der Waals surface area contributed by atoms with E-state index < -0.39 is 0 Å². The van der Waals surface area contributed by atoms with E-state index in [9.17, 15) is 14.0 Å². The van der Waals surface area contributed by atoms with Gasteiger partial charge in [0.05, 0.1) is 5.92 Å². The molecule has 1 aromatic rings. The largest absolute Gasteiger partial charge is 0.340 e. The van der Waals surface area contributed by atoms with Crippen molar-refractivity contribution in [2.24, 2.45) is 5.92 Å². The zero-order valence-electron chi connectivity index (χ0n) is 14.1. The van der Waals surface area contributed by atoms with E-state index in [0.29, 0.717) is 12.1 Å². The first-order valence-electron chi connectivity index (χ1n) is 8.60. The molecule has 2 aliphatic rings. The summed E-state index contributed by atoms with van der Waals surface area (Å²) in [5.41, 5.74) is 0.496. The van der Waals surface area contributed by atoms with Crippen LogP contribution in [0.4, 0.5) is 4.39 Å². The van der Waals surface area contributed by atoms with Crippen LogP contribution < -0.4 is 0 Å². The lowest BCUT2D eigenvalue weighted by Crippen LogP contribution is -2.50. The molecule has 6 heteroatoms. The van der Waals surface area contributed by atoms with E-state index >= 15 is 0 Å². The van der Waals surface area contributed by atoms with Gasteiger partial charge < -0.3 is 14.7 Å². The minimum atomic E-state index is -0.309. The molecule has 0 radical (unpaired) electrons. The molecule has 0 saturated carbocycles. The van der Waals surface area contributed by atoms with Crippen molar-refractivity contribution in [1.29, 1.82) is 0 Å². The Labute approximate surface area is 142 Å². The molecule has 3 rings (SSSR count).